The van der Waals surface area contributed by atoms with Crippen molar-refractivity contribution in [1.29, 1.82) is 0 Å². The maximum absolute atomic E-state index is 13.3. The number of benzene rings is 3. The molecule has 0 spiro atoms. The number of phenols is 1. The van der Waals surface area contributed by atoms with Crippen LogP contribution in [0, 0.1) is 0 Å². The number of esters is 1. The molecule has 0 saturated carbocycles. The van der Waals surface area contributed by atoms with E-state index in [1.165, 1.54) is 25.5 Å². The Labute approximate surface area is 238 Å². The van der Waals surface area contributed by atoms with Crippen molar-refractivity contribution in [2.75, 3.05) is 26.9 Å². The molecule has 6 rings (SSSR count). The van der Waals surface area contributed by atoms with E-state index in [-0.39, 0.29) is 34.5 Å². The molecule has 2 aromatic heterocycles. The summed E-state index contributed by atoms with van der Waals surface area (Å²) in [6.45, 7) is 0.380. The number of methoxy groups -OCH3 is 1. The minimum absolute atomic E-state index is 0.0383. The molecule has 1 amide bonds. The molecule has 0 radical (unpaired) electrons. The van der Waals surface area contributed by atoms with E-state index in [0.717, 1.165) is 16.5 Å². The van der Waals surface area contributed by atoms with Crippen LogP contribution >= 0.6 is 0 Å². The Morgan fingerprint density at radius 2 is 1.88 bits per heavy atom. The fraction of sp³-hybridized carbons (Fsp3) is 0.194. The van der Waals surface area contributed by atoms with Gasteiger partial charge in [-0.3, -0.25) is 9.59 Å². The van der Waals surface area contributed by atoms with Crippen LogP contribution in [0.3, 0.4) is 0 Å². The molecule has 0 aliphatic carbocycles. The Bertz CT molecular complexity index is 1870. The van der Waals surface area contributed by atoms with Crippen molar-refractivity contribution >= 4 is 33.7 Å². The van der Waals surface area contributed by atoms with Crippen LogP contribution in [-0.2, 0) is 20.7 Å². The summed E-state index contributed by atoms with van der Waals surface area (Å²) in [6, 6.07) is 14.4. The predicted molar refractivity (Wildman–Crippen MR) is 152 cm³/mol. The summed E-state index contributed by atoms with van der Waals surface area (Å²) in [5, 5.41) is 14.2. The lowest BCUT2D eigenvalue weighted by Gasteiger charge is -2.18. The van der Waals surface area contributed by atoms with Crippen molar-refractivity contribution in [3.8, 4) is 34.1 Å². The summed E-state index contributed by atoms with van der Waals surface area (Å²) in [5.74, 6) is -0.368. The van der Waals surface area contributed by atoms with Gasteiger partial charge in [-0.1, -0.05) is 24.3 Å². The van der Waals surface area contributed by atoms with Gasteiger partial charge in [0.2, 0.25) is 5.43 Å². The summed E-state index contributed by atoms with van der Waals surface area (Å²) in [7, 11) is 1.25. The fourth-order valence-corrected chi connectivity index (χ4v) is 4.94. The molecule has 0 saturated heterocycles. The number of nitrogens with one attached hydrogen (secondary N) is 2. The van der Waals surface area contributed by atoms with Crippen LogP contribution in [0.4, 0.5) is 0 Å². The molecule has 0 fully saturated rings. The first kappa shape index (κ1) is 26.8. The lowest BCUT2D eigenvalue weighted by molar-refractivity contribution is -0.145. The van der Waals surface area contributed by atoms with Crippen molar-refractivity contribution in [3.63, 3.8) is 0 Å². The van der Waals surface area contributed by atoms with Gasteiger partial charge in [-0.2, -0.15) is 0 Å². The number of ether oxygens (including phenoxy) is 4. The van der Waals surface area contributed by atoms with Crippen LogP contribution in [0.1, 0.15) is 5.56 Å². The third kappa shape index (κ3) is 5.19. The highest BCUT2D eigenvalue weighted by atomic mass is 16.6. The molecule has 1 atom stereocenters. The molecular weight excluding hydrogens is 544 g/mol. The van der Waals surface area contributed by atoms with Gasteiger partial charge in [0.1, 0.15) is 48.0 Å². The van der Waals surface area contributed by atoms with Gasteiger partial charge >= 0.3 is 5.97 Å². The lowest BCUT2D eigenvalue weighted by atomic mass is 10.0. The van der Waals surface area contributed by atoms with Gasteiger partial charge in [0, 0.05) is 35.7 Å². The quantitative estimate of drug-likeness (QED) is 0.237. The summed E-state index contributed by atoms with van der Waals surface area (Å²) in [5.41, 5.74) is 2.14. The second kappa shape index (κ2) is 11.2. The Morgan fingerprint density at radius 1 is 1.07 bits per heavy atom. The van der Waals surface area contributed by atoms with E-state index in [1.807, 2.05) is 24.3 Å². The van der Waals surface area contributed by atoms with Crippen molar-refractivity contribution in [3.05, 3.63) is 82.8 Å². The first-order chi connectivity index (χ1) is 20.4. The van der Waals surface area contributed by atoms with Gasteiger partial charge in [-0.05, 0) is 29.3 Å². The molecule has 3 N–H and O–H groups in total. The maximum atomic E-state index is 13.3. The molecule has 1 aliphatic rings. The zero-order chi connectivity index (χ0) is 29.2. The molecule has 214 valence electrons. The van der Waals surface area contributed by atoms with E-state index < -0.39 is 30.0 Å². The highest BCUT2D eigenvalue weighted by Crippen LogP contribution is 2.35. The van der Waals surface area contributed by atoms with E-state index in [1.54, 1.807) is 24.4 Å². The van der Waals surface area contributed by atoms with Crippen molar-refractivity contribution < 1.29 is 38.1 Å². The molecule has 42 heavy (non-hydrogen) atoms. The van der Waals surface area contributed by atoms with Gasteiger partial charge < -0.3 is 38.8 Å². The first-order valence-corrected chi connectivity index (χ1v) is 13.1. The van der Waals surface area contributed by atoms with Crippen LogP contribution in [-0.4, -0.2) is 54.9 Å². The van der Waals surface area contributed by atoms with Crippen LogP contribution in [0.15, 0.2) is 76.3 Å². The number of rotatable bonds is 8. The number of aromatic amines is 1. The zero-order valence-electron chi connectivity index (χ0n) is 22.5. The topological polar surface area (TPSA) is 149 Å². The smallest absolute Gasteiger partial charge is 0.328 e. The lowest BCUT2D eigenvalue weighted by Crippen LogP contribution is -2.44. The Kier molecular flexibility index (Phi) is 7.14. The number of H-pyrrole nitrogens is 1. The number of fused-ring (bicyclic) bond motifs is 3. The maximum Gasteiger partial charge on any atom is 0.328 e. The Morgan fingerprint density at radius 3 is 2.71 bits per heavy atom. The van der Waals surface area contributed by atoms with E-state index >= 15 is 0 Å². The molecule has 0 bridgehead atoms. The summed E-state index contributed by atoms with van der Waals surface area (Å²) in [6.07, 6.45) is 3.28. The van der Waals surface area contributed by atoms with E-state index in [9.17, 15) is 19.5 Å². The monoisotopic (exact) mass is 570 g/mol. The van der Waals surface area contributed by atoms with Crippen molar-refractivity contribution in [2.45, 2.75) is 12.5 Å². The van der Waals surface area contributed by atoms with E-state index in [0.29, 0.717) is 30.3 Å². The summed E-state index contributed by atoms with van der Waals surface area (Å²) < 4.78 is 27.3. The van der Waals surface area contributed by atoms with Crippen molar-refractivity contribution in [2.24, 2.45) is 0 Å². The standard InChI is InChI=1S/C31H26N2O9/c1-38-31(37)23(10-18-14-32-22-5-3-2-4-20(18)22)33-28(35)16-41-19-12-24(34)29-27(13-19)42-15-21(30(29)36)17-6-7-25-26(11-17)40-9-8-39-25/h2-7,11-15,23,32,34H,8-10,16H2,1H3,(H,33,35)/t23-/m0/s1. The number of carbonyl (C=O) groups excluding carboxylic acids is 2. The molecular formula is C31H26N2O9. The third-order valence-electron chi connectivity index (χ3n) is 6.97. The molecule has 11 nitrogen and oxygen atoms in total. The molecule has 3 heterocycles. The summed E-state index contributed by atoms with van der Waals surface area (Å²) >= 11 is 0. The largest absolute Gasteiger partial charge is 0.507 e. The summed E-state index contributed by atoms with van der Waals surface area (Å²) in [4.78, 5) is 41.6. The van der Waals surface area contributed by atoms with E-state index in [2.05, 4.69) is 10.3 Å². The molecule has 5 aromatic rings. The molecule has 1 aliphatic heterocycles. The average Bonchev–Trinajstić information content (AvgIpc) is 3.41. The zero-order valence-corrected chi connectivity index (χ0v) is 22.5. The highest BCUT2D eigenvalue weighted by molar-refractivity contribution is 5.89. The third-order valence-corrected chi connectivity index (χ3v) is 6.97. The number of hydrogen-bond acceptors (Lipinski definition) is 9. The number of hydrogen-bond donors (Lipinski definition) is 3. The van der Waals surface area contributed by atoms with Gasteiger partial charge in [0.05, 0.1) is 12.7 Å². The normalized spacial score (nSPS) is 13.1. The number of carbonyl (C=O) groups is 2. The first-order valence-electron chi connectivity index (χ1n) is 13.1. The SMILES string of the molecule is COC(=O)[C@H](Cc1c[nH]c2ccccc12)NC(=O)COc1cc(O)c2c(=O)c(-c3ccc4c(c3)OCCO4)coc2c1. The van der Waals surface area contributed by atoms with Gasteiger partial charge in [0.15, 0.2) is 18.1 Å². The Hall–Kier alpha value is -5.45. The Balaban J connectivity index is 1.17. The minimum Gasteiger partial charge on any atom is -0.507 e. The number of para-hydroxylation sites is 1. The molecule has 0 unspecified atom stereocenters. The highest BCUT2D eigenvalue weighted by Gasteiger charge is 2.24. The van der Waals surface area contributed by atoms with Gasteiger partial charge in [0.25, 0.3) is 5.91 Å². The number of amides is 1. The number of aromatic nitrogens is 1. The minimum atomic E-state index is -0.952. The van der Waals surface area contributed by atoms with Gasteiger partial charge in [-0.15, -0.1) is 0 Å². The van der Waals surface area contributed by atoms with Crippen LogP contribution in [0.2, 0.25) is 0 Å². The predicted octanol–water partition coefficient (Wildman–Crippen LogP) is 3.70. The van der Waals surface area contributed by atoms with Gasteiger partial charge in [-0.25, -0.2) is 4.79 Å². The van der Waals surface area contributed by atoms with Crippen LogP contribution < -0.4 is 25.0 Å². The molecule has 3 aromatic carbocycles. The van der Waals surface area contributed by atoms with Crippen molar-refractivity contribution in [1.82, 2.24) is 10.3 Å². The average molecular weight is 571 g/mol. The number of phenolic OH excluding ortho intramolecular Hbond substituents is 1. The van der Waals surface area contributed by atoms with Crippen LogP contribution in [0.25, 0.3) is 33.0 Å². The second-order valence-corrected chi connectivity index (χ2v) is 9.65. The fourth-order valence-electron chi connectivity index (χ4n) is 4.94. The second-order valence-electron chi connectivity index (χ2n) is 9.65. The van der Waals surface area contributed by atoms with E-state index in [4.69, 9.17) is 23.4 Å². The van der Waals surface area contributed by atoms with Crippen LogP contribution in [0.5, 0.6) is 23.0 Å². The number of aromatic hydroxyl groups is 1. The molecule has 11 heteroatoms.